The van der Waals surface area contributed by atoms with Gasteiger partial charge in [-0.05, 0) is 77.0 Å². The Morgan fingerprint density at radius 3 is 2.26 bits per heavy atom. The zero-order chi connectivity index (χ0) is 36.4. The summed E-state index contributed by atoms with van der Waals surface area (Å²) in [7, 11) is 0. The van der Waals surface area contributed by atoms with Crippen molar-refractivity contribution in [1.82, 2.24) is 19.1 Å². The molecule has 0 N–H and O–H groups in total. The second-order valence-corrected chi connectivity index (χ2v) is 13.6. The normalized spacial score (nSPS) is 12.3. The zero-order valence-electron chi connectivity index (χ0n) is 31.5. The minimum atomic E-state index is -2.09. The fourth-order valence-electron chi connectivity index (χ4n) is 6.37. The molecular formula is C44H40IrN4S-2. The minimum absolute atomic E-state index is 0. The van der Waals surface area contributed by atoms with E-state index >= 15 is 0 Å². The van der Waals surface area contributed by atoms with E-state index in [0.717, 1.165) is 45.9 Å². The van der Waals surface area contributed by atoms with E-state index in [1.54, 1.807) is 29.5 Å². The van der Waals surface area contributed by atoms with Crippen LogP contribution in [0.5, 0.6) is 0 Å². The van der Waals surface area contributed by atoms with Gasteiger partial charge in [0, 0.05) is 55.0 Å². The number of hydrogen-bond donors (Lipinski definition) is 0. The molecule has 4 heterocycles. The van der Waals surface area contributed by atoms with Gasteiger partial charge in [0.2, 0.25) is 0 Å². The van der Waals surface area contributed by atoms with E-state index in [9.17, 15) is 0 Å². The zero-order valence-corrected chi connectivity index (χ0v) is 31.7. The molecule has 0 atom stereocenters. The number of hydrogen-bond acceptors (Lipinski definition) is 3. The molecule has 0 saturated carbocycles. The van der Waals surface area contributed by atoms with Crippen molar-refractivity contribution >= 4 is 32.5 Å². The third-order valence-corrected chi connectivity index (χ3v) is 9.72. The van der Waals surface area contributed by atoms with Gasteiger partial charge in [0.05, 0.1) is 16.9 Å². The predicted octanol–water partition coefficient (Wildman–Crippen LogP) is 11.7. The Morgan fingerprint density at radius 2 is 1.58 bits per heavy atom. The molecule has 0 aliphatic carbocycles. The van der Waals surface area contributed by atoms with Crippen LogP contribution in [-0.4, -0.2) is 19.1 Å². The summed E-state index contributed by atoms with van der Waals surface area (Å²) in [5.41, 5.74) is 10.5. The molecule has 0 fully saturated rings. The molecule has 0 bridgehead atoms. The first-order chi connectivity index (χ1) is 25.1. The van der Waals surface area contributed by atoms with Gasteiger partial charge in [-0.3, -0.25) is 16.3 Å². The molecule has 8 rings (SSSR count). The number of rotatable bonds is 7. The van der Waals surface area contributed by atoms with Crippen molar-refractivity contribution in [1.29, 1.82) is 0 Å². The first-order valence-electron chi connectivity index (χ1n) is 18.2. The van der Waals surface area contributed by atoms with Crippen molar-refractivity contribution in [2.75, 3.05) is 0 Å². The maximum atomic E-state index is 7.23. The third-order valence-electron chi connectivity index (χ3n) is 8.83. The Balaban J connectivity index is 0.000000238. The van der Waals surface area contributed by atoms with Crippen LogP contribution >= 0.6 is 11.3 Å². The second kappa shape index (κ2) is 15.5. The van der Waals surface area contributed by atoms with E-state index in [4.69, 9.17) is 9.10 Å². The minimum Gasteiger partial charge on any atom is -0.360 e. The summed E-state index contributed by atoms with van der Waals surface area (Å²) in [5, 5.41) is 4.81. The molecule has 50 heavy (non-hydrogen) atoms. The SMILES string of the molecule is CC(C)c1cccc(C(C)C)c1Cn1c(-c2[c-]sc3ccc(-n4cccc4)cc23)nc2ccccc21.[2H]C([2H])([2H])c1ccc(-c2[c-]cccc2)nc1.[Ir]. The Morgan fingerprint density at radius 1 is 0.820 bits per heavy atom. The number of pyridine rings is 1. The molecule has 4 aromatic carbocycles. The van der Waals surface area contributed by atoms with E-state index < -0.39 is 6.85 Å². The molecule has 0 saturated heterocycles. The predicted molar refractivity (Wildman–Crippen MR) is 206 cm³/mol. The average molecular weight is 852 g/mol. The molecule has 0 aliphatic rings. The molecule has 0 aliphatic heterocycles. The Labute approximate surface area is 317 Å². The number of nitrogens with zero attached hydrogens (tertiary/aromatic N) is 4. The van der Waals surface area contributed by atoms with Crippen molar-refractivity contribution in [3.8, 4) is 28.3 Å². The van der Waals surface area contributed by atoms with E-state index in [1.807, 2.05) is 18.2 Å². The first kappa shape index (κ1) is 31.4. The van der Waals surface area contributed by atoms with Crippen LogP contribution in [0.25, 0.3) is 49.5 Å². The molecule has 8 aromatic rings. The summed E-state index contributed by atoms with van der Waals surface area (Å²) in [4.78, 5) is 9.30. The van der Waals surface area contributed by atoms with Crippen molar-refractivity contribution in [3.05, 3.63) is 161 Å². The van der Waals surface area contributed by atoms with Crippen LogP contribution in [0.4, 0.5) is 0 Å². The van der Waals surface area contributed by atoms with E-state index in [0.29, 0.717) is 11.8 Å². The topological polar surface area (TPSA) is 35.6 Å². The summed E-state index contributed by atoms with van der Waals surface area (Å²) in [6.45, 7) is 7.86. The van der Waals surface area contributed by atoms with Gasteiger partial charge < -0.3 is 14.1 Å². The summed E-state index contributed by atoms with van der Waals surface area (Å²) < 4.78 is 27.5. The molecule has 253 valence electrons. The van der Waals surface area contributed by atoms with Crippen LogP contribution in [0.1, 0.15) is 65.9 Å². The Bertz CT molecular complexity index is 2400. The second-order valence-electron chi connectivity index (χ2n) is 12.8. The van der Waals surface area contributed by atoms with Gasteiger partial charge in [-0.1, -0.05) is 97.9 Å². The number of para-hydroxylation sites is 2. The molecule has 0 amide bonds. The molecule has 4 aromatic heterocycles. The Kier molecular flexibility index (Phi) is 9.74. The molecule has 0 unspecified atom stereocenters. The van der Waals surface area contributed by atoms with Crippen LogP contribution in [0.2, 0.25) is 0 Å². The number of benzene rings is 4. The molecular weight excluding hydrogens is 809 g/mol. The molecule has 1 radical (unpaired) electrons. The fraction of sp³-hybridized carbons (Fsp3) is 0.182. The van der Waals surface area contributed by atoms with Gasteiger partial charge in [0.1, 0.15) is 0 Å². The standard InChI is InChI=1S/C32H30N3S.C12H10N.Ir/c1-21(2)24-10-9-11-25(22(3)4)27(24)19-35-30-13-6-5-12-29(30)33-32(35)28-20-36-31-15-14-23(18-26(28)31)34-16-7-8-17-34;1-10-7-8-12(13-9-10)11-5-3-2-4-6-11;/h5-18,21-22H,19H2,1-4H3;2-5,7-9H,1H3;/q2*-1;/i;1D3;. The summed E-state index contributed by atoms with van der Waals surface area (Å²) in [5.74, 6) is 1.89. The van der Waals surface area contributed by atoms with E-state index in [2.05, 4.69) is 138 Å². The van der Waals surface area contributed by atoms with Crippen LogP contribution in [0.15, 0.2) is 128 Å². The first-order valence-corrected chi connectivity index (χ1v) is 17.5. The van der Waals surface area contributed by atoms with Gasteiger partial charge >= 0.3 is 0 Å². The number of thiophene rings is 1. The summed E-state index contributed by atoms with van der Waals surface area (Å²) >= 11 is 1.67. The van der Waals surface area contributed by atoms with Crippen LogP contribution in [-0.2, 0) is 26.7 Å². The maximum absolute atomic E-state index is 7.23. The fourth-order valence-corrected chi connectivity index (χ4v) is 7.20. The average Bonchev–Trinajstić information content (AvgIpc) is 3.91. The monoisotopic (exact) mass is 852 g/mol. The molecule has 6 heteroatoms. The van der Waals surface area contributed by atoms with E-state index in [1.165, 1.54) is 33.0 Å². The molecule has 4 nitrogen and oxygen atoms in total. The van der Waals surface area contributed by atoms with Crippen LogP contribution in [0, 0.1) is 18.3 Å². The van der Waals surface area contributed by atoms with Gasteiger partial charge in [-0.15, -0.1) is 41.3 Å². The van der Waals surface area contributed by atoms with Crippen molar-refractivity contribution in [2.24, 2.45) is 0 Å². The third kappa shape index (κ3) is 7.29. The summed E-state index contributed by atoms with van der Waals surface area (Å²) in [6.07, 6.45) is 5.56. The number of aromatic nitrogens is 4. The van der Waals surface area contributed by atoms with Gasteiger partial charge in [-0.25, -0.2) is 0 Å². The quantitative estimate of drug-likeness (QED) is 0.150. The summed E-state index contributed by atoms with van der Waals surface area (Å²) in [6, 6.07) is 39.8. The largest absolute Gasteiger partial charge is 0.360 e. The van der Waals surface area contributed by atoms with Gasteiger partial charge in [0.25, 0.3) is 0 Å². The van der Waals surface area contributed by atoms with Gasteiger partial charge in [-0.2, -0.15) is 0 Å². The molecule has 0 spiro atoms. The van der Waals surface area contributed by atoms with Gasteiger partial charge in [0.15, 0.2) is 0 Å². The van der Waals surface area contributed by atoms with Crippen molar-refractivity contribution in [3.63, 3.8) is 0 Å². The maximum Gasteiger partial charge on any atom is 0.0770 e. The smallest absolute Gasteiger partial charge is 0.0770 e. The number of imidazole rings is 1. The van der Waals surface area contributed by atoms with Crippen LogP contribution in [0.3, 0.4) is 0 Å². The Hall–Kier alpha value is -4.61. The van der Waals surface area contributed by atoms with Crippen LogP contribution < -0.4 is 0 Å². The number of fused-ring (bicyclic) bond motifs is 2. The van der Waals surface area contributed by atoms with E-state index in [-0.39, 0.29) is 25.7 Å². The van der Waals surface area contributed by atoms with Crippen molar-refractivity contribution in [2.45, 2.75) is 52.9 Å². The number of aryl methyl sites for hydroxylation is 1. The van der Waals surface area contributed by atoms with Crippen molar-refractivity contribution < 1.29 is 24.2 Å².